The van der Waals surface area contributed by atoms with Crippen molar-refractivity contribution in [1.29, 1.82) is 0 Å². The molecule has 0 saturated carbocycles. The molecule has 1 aliphatic heterocycles. The Morgan fingerprint density at radius 3 is 1.85 bits per heavy atom. The summed E-state index contributed by atoms with van der Waals surface area (Å²) in [6, 6.07) is 26.6. The van der Waals surface area contributed by atoms with Crippen molar-refractivity contribution in [2.45, 2.75) is 6.54 Å². The van der Waals surface area contributed by atoms with Crippen LogP contribution in [0.3, 0.4) is 0 Å². The Bertz CT molecular complexity index is 856. The van der Waals surface area contributed by atoms with E-state index >= 15 is 0 Å². The average molecular weight is 359 g/mol. The zero-order valence-corrected chi connectivity index (χ0v) is 15.4. The Morgan fingerprint density at radius 1 is 0.667 bits per heavy atom. The summed E-state index contributed by atoms with van der Waals surface area (Å²) in [7, 11) is 0. The number of nitrogens with one attached hydrogen (secondary N) is 1. The van der Waals surface area contributed by atoms with E-state index in [2.05, 4.69) is 69.7 Å². The fourth-order valence-electron chi connectivity index (χ4n) is 3.51. The molecule has 1 saturated heterocycles. The molecule has 0 spiro atoms. The van der Waals surface area contributed by atoms with Crippen molar-refractivity contribution in [2.75, 3.05) is 41.3 Å². The smallest absolute Gasteiger partial charge is 0.120 e. The lowest BCUT2D eigenvalue weighted by atomic mass is 10.2. The molecule has 138 valence electrons. The Balaban J connectivity index is 1.32. The van der Waals surface area contributed by atoms with E-state index in [0.29, 0.717) is 12.3 Å². The van der Waals surface area contributed by atoms with Gasteiger partial charge in [0.05, 0.1) is 0 Å². The second-order valence-electron chi connectivity index (χ2n) is 6.84. The molecule has 0 unspecified atom stereocenters. The lowest BCUT2D eigenvalue weighted by molar-refractivity contribution is 0.469. The van der Waals surface area contributed by atoms with Gasteiger partial charge in [-0.1, -0.05) is 36.4 Å². The number of rotatable bonds is 5. The van der Waals surface area contributed by atoms with Crippen LogP contribution in [0.2, 0.25) is 0 Å². The largest absolute Gasteiger partial charge is 0.508 e. The minimum absolute atomic E-state index is 0.331. The number of benzene rings is 3. The zero-order valence-electron chi connectivity index (χ0n) is 15.4. The van der Waals surface area contributed by atoms with Crippen LogP contribution in [-0.4, -0.2) is 31.3 Å². The van der Waals surface area contributed by atoms with Gasteiger partial charge in [0.1, 0.15) is 5.75 Å². The van der Waals surface area contributed by atoms with Gasteiger partial charge in [-0.05, 0) is 42.5 Å². The number of para-hydroxylation sites is 2. The molecule has 4 rings (SSSR count). The minimum Gasteiger partial charge on any atom is -0.508 e. The average Bonchev–Trinajstić information content (AvgIpc) is 2.74. The van der Waals surface area contributed by atoms with E-state index in [1.165, 1.54) is 11.4 Å². The molecule has 3 aromatic rings. The highest BCUT2D eigenvalue weighted by molar-refractivity contribution is 5.57. The van der Waals surface area contributed by atoms with Crippen LogP contribution in [0.15, 0.2) is 78.9 Å². The summed E-state index contributed by atoms with van der Waals surface area (Å²) in [6.07, 6.45) is 0. The van der Waals surface area contributed by atoms with Crippen molar-refractivity contribution in [2.24, 2.45) is 0 Å². The SMILES string of the molecule is Oc1ccccc1CNc1ccc(N2CCN(c3ccccc3)CC2)cc1. The van der Waals surface area contributed by atoms with E-state index < -0.39 is 0 Å². The van der Waals surface area contributed by atoms with Gasteiger partial charge in [0, 0.05) is 55.3 Å². The van der Waals surface area contributed by atoms with Crippen LogP contribution < -0.4 is 15.1 Å². The summed E-state index contributed by atoms with van der Waals surface area (Å²) >= 11 is 0. The van der Waals surface area contributed by atoms with Gasteiger partial charge in [-0.15, -0.1) is 0 Å². The molecule has 1 aliphatic rings. The molecule has 1 heterocycles. The molecule has 2 N–H and O–H groups in total. The number of piperazine rings is 1. The number of phenolic OH excluding ortho intramolecular Hbond substituents is 1. The number of nitrogens with zero attached hydrogens (tertiary/aromatic N) is 2. The Kier molecular flexibility index (Phi) is 5.15. The predicted octanol–water partition coefficient (Wildman–Crippen LogP) is 4.33. The molecule has 1 fully saturated rings. The monoisotopic (exact) mass is 359 g/mol. The first-order chi connectivity index (χ1) is 13.3. The molecule has 0 atom stereocenters. The first-order valence-electron chi connectivity index (χ1n) is 9.45. The molecule has 0 amide bonds. The van der Waals surface area contributed by atoms with Crippen LogP contribution in [-0.2, 0) is 6.54 Å². The van der Waals surface area contributed by atoms with Crippen LogP contribution in [0.5, 0.6) is 5.75 Å². The van der Waals surface area contributed by atoms with Gasteiger partial charge in [0.2, 0.25) is 0 Å². The van der Waals surface area contributed by atoms with Crippen LogP contribution >= 0.6 is 0 Å². The Labute approximate surface area is 160 Å². The maximum absolute atomic E-state index is 9.86. The minimum atomic E-state index is 0.331. The second kappa shape index (κ2) is 8.04. The third-order valence-corrected chi connectivity index (χ3v) is 5.11. The fourth-order valence-corrected chi connectivity index (χ4v) is 3.51. The molecule has 4 heteroatoms. The second-order valence-corrected chi connectivity index (χ2v) is 6.84. The first kappa shape index (κ1) is 17.3. The topological polar surface area (TPSA) is 38.7 Å². The van der Waals surface area contributed by atoms with Crippen molar-refractivity contribution in [3.05, 3.63) is 84.4 Å². The Morgan fingerprint density at radius 2 is 1.22 bits per heavy atom. The van der Waals surface area contributed by atoms with Crippen molar-refractivity contribution in [1.82, 2.24) is 0 Å². The van der Waals surface area contributed by atoms with E-state index in [9.17, 15) is 5.11 Å². The van der Waals surface area contributed by atoms with E-state index in [0.717, 1.165) is 37.4 Å². The van der Waals surface area contributed by atoms with Gasteiger partial charge >= 0.3 is 0 Å². The molecule has 4 nitrogen and oxygen atoms in total. The molecule has 0 radical (unpaired) electrons. The molecule has 0 aliphatic carbocycles. The van der Waals surface area contributed by atoms with Crippen molar-refractivity contribution in [3.8, 4) is 5.75 Å². The highest BCUT2D eigenvalue weighted by Gasteiger charge is 2.17. The predicted molar refractivity (Wildman–Crippen MR) is 113 cm³/mol. The number of aromatic hydroxyl groups is 1. The van der Waals surface area contributed by atoms with Crippen molar-refractivity contribution >= 4 is 17.1 Å². The molecule has 0 bridgehead atoms. The maximum Gasteiger partial charge on any atom is 0.120 e. The number of phenols is 1. The summed E-state index contributed by atoms with van der Waals surface area (Å²) in [4.78, 5) is 4.88. The third kappa shape index (κ3) is 4.17. The van der Waals surface area contributed by atoms with Gasteiger partial charge in [-0.3, -0.25) is 0 Å². The highest BCUT2D eigenvalue weighted by Crippen LogP contribution is 2.23. The third-order valence-electron chi connectivity index (χ3n) is 5.11. The number of hydrogen-bond acceptors (Lipinski definition) is 4. The summed E-state index contributed by atoms with van der Waals surface area (Å²) < 4.78 is 0. The zero-order chi connectivity index (χ0) is 18.5. The summed E-state index contributed by atoms with van der Waals surface area (Å²) in [5.74, 6) is 0.331. The van der Waals surface area contributed by atoms with Crippen molar-refractivity contribution < 1.29 is 5.11 Å². The lowest BCUT2D eigenvalue weighted by Crippen LogP contribution is -2.46. The number of anilines is 3. The van der Waals surface area contributed by atoms with Gasteiger partial charge in [-0.2, -0.15) is 0 Å². The molecule has 0 aromatic heterocycles. The Hall–Kier alpha value is -3.14. The summed E-state index contributed by atoms with van der Waals surface area (Å²) in [5.41, 5.74) is 4.53. The van der Waals surface area contributed by atoms with E-state index in [1.54, 1.807) is 6.07 Å². The van der Waals surface area contributed by atoms with E-state index in [-0.39, 0.29) is 0 Å². The summed E-state index contributed by atoms with van der Waals surface area (Å²) in [6.45, 7) is 4.75. The van der Waals surface area contributed by atoms with Crippen molar-refractivity contribution in [3.63, 3.8) is 0 Å². The van der Waals surface area contributed by atoms with Gasteiger partial charge in [0.25, 0.3) is 0 Å². The standard InChI is InChI=1S/C23H25N3O/c27-23-9-5-4-6-19(23)18-24-20-10-12-22(13-11-20)26-16-14-25(15-17-26)21-7-2-1-3-8-21/h1-13,24,27H,14-18H2. The van der Waals surface area contributed by atoms with Crippen LogP contribution in [0.25, 0.3) is 0 Å². The van der Waals surface area contributed by atoms with Gasteiger partial charge in [0.15, 0.2) is 0 Å². The van der Waals surface area contributed by atoms with Crippen LogP contribution in [0.1, 0.15) is 5.56 Å². The lowest BCUT2D eigenvalue weighted by Gasteiger charge is -2.37. The van der Waals surface area contributed by atoms with E-state index in [4.69, 9.17) is 0 Å². The quantitative estimate of drug-likeness (QED) is 0.711. The van der Waals surface area contributed by atoms with Crippen LogP contribution in [0.4, 0.5) is 17.1 Å². The molecular weight excluding hydrogens is 334 g/mol. The summed E-state index contributed by atoms with van der Waals surface area (Å²) in [5, 5.41) is 13.2. The molecular formula is C23H25N3O. The van der Waals surface area contributed by atoms with Crippen LogP contribution in [0, 0.1) is 0 Å². The molecule has 27 heavy (non-hydrogen) atoms. The molecule has 3 aromatic carbocycles. The van der Waals surface area contributed by atoms with Gasteiger partial charge < -0.3 is 20.2 Å². The first-order valence-corrected chi connectivity index (χ1v) is 9.45. The highest BCUT2D eigenvalue weighted by atomic mass is 16.3. The number of hydrogen-bond donors (Lipinski definition) is 2. The van der Waals surface area contributed by atoms with Gasteiger partial charge in [-0.25, -0.2) is 0 Å². The normalized spacial score (nSPS) is 14.2. The maximum atomic E-state index is 9.86. The fraction of sp³-hybridized carbons (Fsp3) is 0.217. The van der Waals surface area contributed by atoms with E-state index in [1.807, 2.05) is 18.2 Å².